The summed E-state index contributed by atoms with van der Waals surface area (Å²) >= 11 is 0. The van der Waals surface area contributed by atoms with Gasteiger partial charge in [0.15, 0.2) is 5.84 Å². The molecule has 2 fully saturated rings. The van der Waals surface area contributed by atoms with Gasteiger partial charge < -0.3 is 0 Å². The zero-order valence-electron chi connectivity index (χ0n) is 13.1. The lowest BCUT2D eigenvalue weighted by Gasteiger charge is -2.34. The van der Waals surface area contributed by atoms with Crippen molar-refractivity contribution in [3.63, 3.8) is 0 Å². The van der Waals surface area contributed by atoms with E-state index in [1.807, 2.05) is 24.4 Å². The number of pyridine rings is 1. The molecule has 1 aromatic rings. The molecule has 4 rings (SSSR count). The first kappa shape index (κ1) is 14.1. The summed E-state index contributed by atoms with van der Waals surface area (Å²) in [7, 11) is 0. The average Bonchev–Trinajstić information content (AvgIpc) is 2.88. The lowest BCUT2D eigenvalue weighted by Crippen LogP contribution is -2.44. The van der Waals surface area contributed by atoms with Crippen LogP contribution in [0.15, 0.2) is 34.4 Å². The molecule has 2 aliphatic heterocycles. The third-order valence-electron chi connectivity index (χ3n) is 5.15. The molecule has 1 aromatic heterocycles. The molecule has 1 saturated carbocycles. The molecule has 2 unspecified atom stereocenters. The molecule has 0 aromatic carbocycles. The van der Waals surface area contributed by atoms with E-state index in [2.05, 4.69) is 9.88 Å². The van der Waals surface area contributed by atoms with Crippen molar-refractivity contribution in [1.29, 1.82) is 0 Å². The van der Waals surface area contributed by atoms with Crippen LogP contribution in [0.5, 0.6) is 0 Å². The van der Waals surface area contributed by atoms with Crippen molar-refractivity contribution >= 4 is 11.5 Å². The molecule has 2 atom stereocenters. The summed E-state index contributed by atoms with van der Waals surface area (Å²) in [5.74, 6) is 1.40. The minimum absolute atomic E-state index is 0.296. The molecule has 0 N–H and O–H groups in total. The Morgan fingerprint density at radius 1 is 1.00 bits per heavy atom. The summed E-state index contributed by atoms with van der Waals surface area (Å²) in [6.45, 7) is 2.38. The highest BCUT2D eigenvalue weighted by atomic mass is 15.3. The second-order valence-corrected chi connectivity index (χ2v) is 6.63. The van der Waals surface area contributed by atoms with Crippen LogP contribution in [0.3, 0.4) is 0 Å². The van der Waals surface area contributed by atoms with Crippen LogP contribution >= 0.6 is 0 Å². The number of hydrogen-bond acceptors (Lipinski definition) is 4. The van der Waals surface area contributed by atoms with Gasteiger partial charge in [-0.2, -0.15) is 0 Å². The van der Waals surface area contributed by atoms with Crippen molar-refractivity contribution in [2.45, 2.75) is 51.1 Å². The Kier molecular flexibility index (Phi) is 4.02. The fourth-order valence-electron chi connectivity index (χ4n) is 4.01. The van der Waals surface area contributed by atoms with Gasteiger partial charge in [0.1, 0.15) is 11.9 Å². The number of fused-ring (bicyclic) bond motifs is 1. The number of aromatic nitrogens is 1. The summed E-state index contributed by atoms with van der Waals surface area (Å²) in [5.41, 5.74) is 2.28. The highest BCUT2D eigenvalue weighted by Gasteiger charge is 2.37. The maximum Gasteiger partial charge on any atom is 0.175 e. The van der Waals surface area contributed by atoms with Crippen molar-refractivity contribution in [3.8, 4) is 0 Å². The monoisotopic (exact) mass is 296 g/mol. The Labute approximate surface area is 132 Å². The average molecular weight is 296 g/mol. The molecular weight excluding hydrogens is 272 g/mol. The van der Waals surface area contributed by atoms with E-state index in [-0.39, 0.29) is 0 Å². The number of likely N-dealkylation sites (tertiary alicyclic amines) is 1. The van der Waals surface area contributed by atoms with Crippen molar-refractivity contribution in [2.24, 2.45) is 15.9 Å². The highest BCUT2D eigenvalue weighted by Crippen LogP contribution is 2.33. The van der Waals surface area contributed by atoms with E-state index in [1.165, 1.54) is 57.3 Å². The predicted octanol–water partition coefficient (Wildman–Crippen LogP) is 3.29. The summed E-state index contributed by atoms with van der Waals surface area (Å²) in [6.07, 6.45) is 11.1. The highest BCUT2D eigenvalue weighted by molar-refractivity contribution is 6.08. The maximum atomic E-state index is 5.05. The molecule has 4 nitrogen and oxygen atoms in total. The van der Waals surface area contributed by atoms with E-state index in [0.717, 1.165) is 18.0 Å². The van der Waals surface area contributed by atoms with Gasteiger partial charge in [0.25, 0.3) is 0 Å². The summed E-state index contributed by atoms with van der Waals surface area (Å²) in [6, 6.07) is 6.00. The van der Waals surface area contributed by atoms with Crippen LogP contribution in [0, 0.1) is 5.92 Å². The molecule has 1 saturated heterocycles. The first-order chi connectivity index (χ1) is 10.9. The standard InChI is InChI=1S/C18H24N4/c1-2-6-13-22(12-5-1)18-14-8-7-10-15(14)20-17(21-18)16-9-3-4-11-19-16/h3-4,9,11,14,18H,1-2,5-8,10,12-13H2. The zero-order valence-corrected chi connectivity index (χ0v) is 13.1. The van der Waals surface area contributed by atoms with Crippen LogP contribution in [0.25, 0.3) is 0 Å². The summed E-state index contributed by atoms with van der Waals surface area (Å²) in [5, 5.41) is 0. The third-order valence-corrected chi connectivity index (χ3v) is 5.15. The Morgan fingerprint density at radius 3 is 2.64 bits per heavy atom. The van der Waals surface area contributed by atoms with Crippen LogP contribution in [-0.2, 0) is 0 Å². The van der Waals surface area contributed by atoms with Gasteiger partial charge in [-0.15, -0.1) is 0 Å². The summed E-state index contributed by atoms with van der Waals surface area (Å²) < 4.78 is 0. The molecule has 116 valence electrons. The number of aliphatic imine (C=N–C) groups is 2. The van der Waals surface area contributed by atoms with E-state index in [4.69, 9.17) is 9.98 Å². The molecule has 22 heavy (non-hydrogen) atoms. The molecule has 4 heteroatoms. The Morgan fingerprint density at radius 2 is 1.86 bits per heavy atom. The van der Waals surface area contributed by atoms with Crippen LogP contribution in [0.4, 0.5) is 0 Å². The van der Waals surface area contributed by atoms with Crippen molar-refractivity contribution in [3.05, 3.63) is 30.1 Å². The fourth-order valence-corrected chi connectivity index (χ4v) is 4.01. The molecule has 0 spiro atoms. The van der Waals surface area contributed by atoms with Crippen molar-refractivity contribution in [1.82, 2.24) is 9.88 Å². The molecule has 0 radical (unpaired) electrons. The molecule has 1 aliphatic carbocycles. The minimum Gasteiger partial charge on any atom is -0.281 e. The van der Waals surface area contributed by atoms with Gasteiger partial charge in [0.05, 0.1) is 0 Å². The van der Waals surface area contributed by atoms with Gasteiger partial charge in [-0.25, -0.2) is 9.98 Å². The molecular formula is C18H24N4. The zero-order chi connectivity index (χ0) is 14.8. The van der Waals surface area contributed by atoms with Gasteiger partial charge in [0, 0.05) is 30.9 Å². The second-order valence-electron chi connectivity index (χ2n) is 6.63. The van der Waals surface area contributed by atoms with Crippen LogP contribution in [0.2, 0.25) is 0 Å². The van der Waals surface area contributed by atoms with Gasteiger partial charge in [-0.1, -0.05) is 18.9 Å². The number of hydrogen-bond donors (Lipinski definition) is 0. The SMILES string of the molecule is c1ccc(C2=NC(N3CCCCCC3)C3CCCC3=N2)nc1. The molecule has 3 aliphatic rings. The van der Waals surface area contributed by atoms with E-state index in [9.17, 15) is 0 Å². The quantitative estimate of drug-likeness (QED) is 0.840. The van der Waals surface area contributed by atoms with E-state index < -0.39 is 0 Å². The number of amidine groups is 1. The maximum absolute atomic E-state index is 5.05. The van der Waals surface area contributed by atoms with E-state index in [1.54, 1.807) is 0 Å². The van der Waals surface area contributed by atoms with Crippen LogP contribution < -0.4 is 0 Å². The van der Waals surface area contributed by atoms with Gasteiger partial charge >= 0.3 is 0 Å². The molecule has 0 amide bonds. The Bertz CT molecular complexity index is 570. The van der Waals surface area contributed by atoms with Crippen molar-refractivity contribution < 1.29 is 0 Å². The summed E-state index contributed by atoms with van der Waals surface area (Å²) in [4.78, 5) is 17.0. The first-order valence-electron chi connectivity index (χ1n) is 8.72. The second kappa shape index (κ2) is 6.29. The Hall–Kier alpha value is -1.55. The Balaban J connectivity index is 1.66. The van der Waals surface area contributed by atoms with Gasteiger partial charge in [-0.05, 0) is 44.2 Å². The van der Waals surface area contributed by atoms with Crippen LogP contribution in [0.1, 0.15) is 50.6 Å². The van der Waals surface area contributed by atoms with Gasteiger partial charge in [-0.3, -0.25) is 9.88 Å². The first-order valence-corrected chi connectivity index (χ1v) is 8.72. The lowest BCUT2D eigenvalue weighted by atomic mass is 9.99. The minimum atomic E-state index is 0.296. The normalized spacial score (nSPS) is 29.5. The fraction of sp³-hybridized carbons (Fsp3) is 0.611. The van der Waals surface area contributed by atoms with Crippen LogP contribution in [-0.4, -0.2) is 40.7 Å². The smallest absolute Gasteiger partial charge is 0.175 e. The predicted molar refractivity (Wildman–Crippen MR) is 89.4 cm³/mol. The number of nitrogens with zero attached hydrogens (tertiary/aromatic N) is 4. The van der Waals surface area contributed by atoms with E-state index in [0.29, 0.717) is 12.1 Å². The largest absolute Gasteiger partial charge is 0.281 e. The molecule has 3 heterocycles. The molecule has 0 bridgehead atoms. The van der Waals surface area contributed by atoms with Gasteiger partial charge in [0.2, 0.25) is 0 Å². The third kappa shape index (κ3) is 2.72. The number of rotatable bonds is 2. The lowest BCUT2D eigenvalue weighted by molar-refractivity contribution is 0.176. The topological polar surface area (TPSA) is 40.9 Å². The van der Waals surface area contributed by atoms with Crippen molar-refractivity contribution in [2.75, 3.05) is 13.1 Å². The van der Waals surface area contributed by atoms with E-state index >= 15 is 0 Å².